The lowest BCUT2D eigenvalue weighted by molar-refractivity contribution is -0.384. The highest BCUT2D eigenvalue weighted by Crippen LogP contribution is 2.19. The van der Waals surface area contributed by atoms with Crippen molar-refractivity contribution in [3.8, 4) is 0 Å². The Labute approximate surface area is 120 Å². The Morgan fingerprint density at radius 3 is 2.90 bits per heavy atom. The third-order valence-electron chi connectivity index (χ3n) is 2.88. The Morgan fingerprint density at radius 1 is 1.52 bits per heavy atom. The number of hydrogen-bond donors (Lipinski definition) is 3. The van der Waals surface area contributed by atoms with Gasteiger partial charge in [0.1, 0.15) is 6.20 Å². The highest BCUT2D eigenvalue weighted by molar-refractivity contribution is 5.53. The minimum Gasteiger partial charge on any atom is -0.387 e. The van der Waals surface area contributed by atoms with Gasteiger partial charge in [0, 0.05) is 6.54 Å². The highest BCUT2D eigenvalue weighted by Gasteiger charge is 2.15. The number of aromatic nitrogens is 2. The molecule has 1 heterocycles. The minimum absolute atomic E-state index is 0.129. The number of nitro groups is 1. The number of benzene rings is 1. The lowest BCUT2D eigenvalue weighted by Crippen LogP contribution is -2.14. The summed E-state index contributed by atoms with van der Waals surface area (Å²) in [6.45, 7) is 2.10. The van der Waals surface area contributed by atoms with Crippen molar-refractivity contribution in [2.45, 2.75) is 13.0 Å². The molecule has 0 aliphatic heterocycles. The maximum Gasteiger partial charge on any atom is 0.329 e. The van der Waals surface area contributed by atoms with Gasteiger partial charge >= 0.3 is 5.69 Å². The second-order valence-corrected chi connectivity index (χ2v) is 4.53. The molecule has 0 aliphatic rings. The summed E-state index contributed by atoms with van der Waals surface area (Å²) in [4.78, 5) is 17.5. The fourth-order valence-corrected chi connectivity index (χ4v) is 1.80. The normalized spacial score (nSPS) is 11.9. The molecule has 8 heteroatoms. The molecule has 4 N–H and O–H groups in total. The summed E-state index contributed by atoms with van der Waals surface area (Å²) in [5.74, 6) is -0.0904. The second kappa shape index (κ2) is 6.14. The van der Waals surface area contributed by atoms with Crippen molar-refractivity contribution in [2.24, 2.45) is 0 Å². The van der Waals surface area contributed by atoms with Crippen LogP contribution in [0.15, 0.2) is 30.5 Å². The fourth-order valence-electron chi connectivity index (χ4n) is 1.80. The molecule has 21 heavy (non-hydrogen) atoms. The molecule has 2 rings (SSSR count). The van der Waals surface area contributed by atoms with E-state index in [1.807, 2.05) is 31.2 Å². The number of aliphatic hydroxyl groups excluding tert-OH is 1. The molecule has 1 atom stereocenters. The van der Waals surface area contributed by atoms with Gasteiger partial charge in [0.15, 0.2) is 0 Å². The number of aliphatic hydroxyl groups is 1. The van der Waals surface area contributed by atoms with E-state index in [1.165, 1.54) is 0 Å². The molecule has 0 spiro atoms. The van der Waals surface area contributed by atoms with Gasteiger partial charge in [-0.25, -0.2) is 4.98 Å². The predicted octanol–water partition coefficient (Wildman–Crippen LogP) is 1.42. The maximum absolute atomic E-state index is 10.6. The average molecular weight is 289 g/mol. The zero-order chi connectivity index (χ0) is 15.4. The number of nitrogen functional groups attached to an aromatic ring is 1. The maximum atomic E-state index is 10.6. The van der Waals surface area contributed by atoms with Crippen LogP contribution in [0.2, 0.25) is 0 Å². The van der Waals surface area contributed by atoms with Gasteiger partial charge < -0.3 is 16.2 Å². The molecule has 1 aromatic carbocycles. The minimum atomic E-state index is -0.745. The van der Waals surface area contributed by atoms with Crippen molar-refractivity contribution in [3.05, 3.63) is 51.7 Å². The predicted molar refractivity (Wildman–Crippen MR) is 77.7 cm³/mol. The van der Waals surface area contributed by atoms with Crippen molar-refractivity contribution < 1.29 is 10.0 Å². The monoisotopic (exact) mass is 289 g/mol. The number of nitrogens with zero attached hydrogens (tertiary/aromatic N) is 3. The van der Waals surface area contributed by atoms with Gasteiger partial charge in [-0.05, 0) is 12.5 Å². The van der Waals surface area contributed by atoms with Crippen LogP contribution in [0.25, 0.3) is 0 Å². The Hall–Kier alpha value is -2.74. The molecule has 0 fully saturated rings. The van der Waals surface area contributed by atoms with E-state index in [0.29, 0.717) is 0 Å². The largest absolute Gasteiger partial charge is 0.387 e. The number of nitrogens with two attached hydrogens (primary N) is 1. The van der Waals surface area contributed by atoms with Crippen LogP contribution in [-0.4, -0.2) is 26.5 Å². The molecule has 2 aromatic rings. The van der Waals surface area contributed by atoms with E-state index in [4.69, 9.17) is 5.73 Å². The molecule has 1 aromatic heterocycles. The van der Waals surface area contributed by atoms with E-state index in [2.05, 4.69) is 15.3 Å². The molecule has 0 saturated heterocycles. The first-order valence-corrected chi connectivity index (χ1v) is 6.23. The Bertz CT molecular complexity index is 662. The zero-order valence-electron chi connectivity index (χ0n) is 11.4. The van der Waals surface area contributed by atoms with Crippen LogP contribution in [0.4, 0.5) is 17.5 Å². The summed E-state index contributed by atoms with van der Waals surface area (Å²) < 4.78 is 0. The van der Waals surface area contributed by atoms with Crippen LogP contribution >= 0.6 is 0 Å². The Kier molecular flexibility index (Phi) is 4.29. The molecule has 0 bridgehead atoms. The van der Waals surface area contributed by atoms with E-state index in [1.54, 1.807) is 0 Å². The van der Waals surface area contributed by atoms with Crippen LogP contribution in [-0.2, 0) is 0 Å². The van der Waals surface area contributed by atoms with Crippen LogP contribution in [0.5, 0.6) is 0 Å². The van der Waals surface area contributed by atoms with Crippen molar-refractivity contribution in [2.75, 3.05) is 17.6 Å². The molecular weight excluding hydrogens is 274 g/mol. The summed E-state index contributed by atoms with van der Waals surface area (Å²) in [7, 11) is 0. The van der Waals surface area contributed by atoms with Crippen molar-refractivity contribution >= 4 is 17.5 Å². The van der Waals surface area contributed by atoms with Gasteiger partial charge in [-0.3, -0.25) is 10.1 Å². The molecule has 0 radical (unpaired) electrons. The number of nitrogens with one attached hydrogen (secondary N) is 1. The lowest BCUT2D eigenvalue weighted by atomic mass is 10.1. The summed E-state index contributed by atoms with van der Waals surface area (Å²) in [5, 5.41) is 23.5. The van der Waals surface area contributed by atoms with Gasteiger partial charge in [-0.1, -0.05) is 29.8 Å². The van der Waals surface area contributed by atoms with Gasteiger partial charge in [0.05, 0.1) is 11.0 Å². The Balaban J connectivity index is 2.03. The molecule has 0 aliphatic carbocycles. The third-order valence-corrected chi connectivity index (χ3v) is 2.88. The van der Waals surface area contributed by atoms with E-state index >= 15 is 0 Å². The highest BCUT2D eigenvalue weighted by atomic mass is 16.6. The first-order chi connectivity index (χ1) is 9.97. The smallest absolute Gasteiger partial charge is 0.329 e. The number of anilines is 2. The fraction of sp³-hybridized carbons (Fsp3) is 0.231. The summed E-state index contributed by atoms with van der Waals surface area (Å²) in [5.41, 5.74) is 6.92. The van der Waals surface area contributed by atoms with Crippen LogP contribution in [0.1, 0.15) is 17.2 Å². The van der Waals surface area contributed by atoms with Crippen LogP contribution in [0, 0.1) is 17.0 Å². The number of aryl methyl sites for hydroxylation is 1. The molecular formula is C13H15N5O3. The molecule has 110 valence electrons. The van der Waals surface area contributed by atoms with E-state index in [0.717, 1.165) is 17.3 Å². The molecule has 0 saturated carbocycles. The van der Waals surface area contributed by atoms with Gasteiger partial charge in [-0.2, -0.15) is 4.98 Å². The Morgan fingerprint density at radius 2 is 2.29 bits per heavy atom. The van der Waals surface area contributed by atoms with E-state index in [9.17, 15) is 15.2 Å². The van der Waals surface area contributed by atoms with Gasteiger partial charge in [-0.15, -0.1) is 0 Å². The number of hydrogen-bond acceptors (Lipinski definition) is 7. The molecule has 1 unspecified atom stereocenters. The first kappa shape index (κ1) is 14.7. The average Bonchev–Trinajstić information content (AvgIpc) is 2.44. The first-order valence-electron chi connectivity index (χ1n) is 6.23. The SMILES string of the molecule is Cc1cccc(C(O)CNc2ncc([N+](=O)[O-])c(N)n2)c1. The van der Waals surface area contributed by atoms with Crippen molar-refractivity contribution in [1.29, 1.82) is 0 Å². The van der Waals surface area contributed by atoms with E-state index < -0.39 is 11.0 Å². The molecule has 0 amide bonds. The summed E-state index contributed by atoms with van der Waals surface area (Å²) >= 11 is 0. The summed E-state index contributed by atoms with van der Waals surface area (Å²) in [6.07, 6.45) is 0.286. The second-order valence-electron chi connectivity index (χ2n) is 4.53. The summed E-state index contributed by atoms with van der Waals surface area (Å²) in [6, 6.07) is 7.47. The number of rotatable bonds is 5. The van der Waals surface area contributed by atoms with Crippen LogP contribution < -0.4 is 11.1 Å². The van der Waals surface area contributed by atoms with Crippen molar-refractivity contribution in [1.82, 2.24) is 9.97 Å². The standard InChI is InChI=1S/C13H15N5O3/c1-8-3-2-4-9(5-8)11(19)7-16-13-15-6-10(18(20)21)12(14)17-13/h2-6,11,19H,7H2,1H3,(H3,14,15,16,17). The van der Waals surface area contributed by atoms with Crippen molar-refractivity contribution in [3.63, 3.8) is 0 Å². The third kappa shape index (κ3) is 3.63. The van der Waals surface area contributed by atoms with Gasteiger partial charge in [0.25, 0.3) is 0 Å². The van der Waals surface area contributed by atoms with Crippen LogP contribution in [0.3, 0.4) is 0 Å². The quantitative estimate of drug-likeness (QED) is 0.561. The molecule has 8 nitrogen and oxygen atoms in total. The van der Waals surface area contributed by atoms with E-state index in [-0.39, 0.29) is 24.0 Å². The lowest BCUT2D eigenvalue weighted by Gasteiger charge is -2.12. The topological polar surface area (TPSA) is 127 Å². The van der Waals surface area contributed by atoms with Gasteiger partial charge in [0.2, 0.25) is 11.8 Å². The zero-order valence-corrected chi connectivity index (χ0v) is 11.4.